The maximum absolute atomic E-state index is 12.7. The van der Waals surface area contributed by atoms with E-state index >= 15 is 0 Å². The van der Waals surface area contributed by atoms with Gasteiger partial charge in [-0.05, 0) is 37.5 Å². The second kappa shape index (κ2) is 7.21. The fraction of sp³-hybridized carbons (Fsp3) is 0.588. The van der Waals surface area contributed by atoms with Gasteiger partial charge in [0.05, 0.1) is 18.1 Å². The quantitative estimate of drug-likeness (QED) is 0.800. The van der Waals surface area contributed by atoms with E-state index in [1.165, 1.54) is 4.31 Å². The van der Waals surface area contributed by atoms with E-state index in [1.807, 2.05) is 24.0 Å². The van der Waals surface area contributed by atoms with Crippen molar-refractivity contribution in [3.63, 3.8) is 0 Å². The van der Waals surface area contributed by atoms with Crippen molar-refractivity contribution in [1.82, 2.24) is 9.21 Å². The van der Waals surface area contributed by atoms with E-state index in [0.717, 1.165) is 24.9 Å². The van der Waals surface area contributed by atoms with Gasteiger partial charge in [0.1, 0.15) is 0 Å². The molecule has 0 aromatic heterocycles. The number of benzene rings is 1. The molecule has 2 fully saturated rings. The number of carbonyl (C=O) groups excluding carboxylic acids is 1. The maximum atomic E-state index is 12.7. The molecule has 7 heteroatoms. The average molecular weight is 352 g/mol. The molecule has 0 saturated carbocycles. The lowest BCUT2D eigenvalue weighted by atomic mass is 10.1. The zero-order chi connectivity index (χ0) is 17.2. The van der Waals surface area contributed by atoms with Crippen LogP contribution in [0.4, 0.5) is 0 Å². The molecule has 0 bridgehead atoms. The number of morpholine rings is 1. The smallest absolute Gasteiger partial charge is 0.243 e. The van der Waals surface area contributed by atoms with Crippen molar-refractivity contribution < 1.29 is 17.9 Å². The molecule has 2 aliphatic heterocycles. The molecule has 1 unspecified atom stereocenters. The van der Waals surface area contributed by atoms with Crippen LogP contribution in [-0.4, -0.2) is 62.4 Å². The van der Waals surface area contributed by atoms with Gasteiger partial charge in [0.25, 0.3) is 0 Å². The summed E-state index contributed by atoms with van der Waals surface area (Å²) in [4.78, 5) is 13.8. The third-order valence-corrected chi connectivity index (χ3v) is 6.71. The zero-order valence-corrected chi connectivity index (χ0v) is 14.8. The first kappa shape index (κ1) is 17.4. The Morgan fingerprint density at radius 2 is 1.96 bits per heavy atom. The standard InChI is InChI=1S/C17H24N2O4S/c1-14-13-23-12-11-19(14)24(21,22)16-6-4-15(5-7-16)8-10-18-9-2-3-17(18)20/h4-7,14H,2-3,8-13H2,1H3. The van der Waals surface area contributed by atoms with Crippen LogP contribution in [-0.2, 0) is 26.0 Å². The number of hydrogen-bond donors (Lipinski definition) is 0. The lowest BCUT2D eigenvalue weighted by Crippen LogP contribution is -2.46. The molecule has 0 spiro atoms. The van der Waals surface area contributed by atoms with Gasteiger partial charge in [0.15, 0.2) is 0 Å². The lowest BCUT2D eigenvalue weighted by molar-refractivity contribution is -0.127. The Kier molecular flexibility index (Phi) is 5.22. The molecule has 1 aromatic carbocycles. The average Bonchev–Trinajstić information content (AvgIpc) is 2.99. The monoisotopic (exact) mass is 352 g/mol. The molecule has 6 nitrogen and oxygen atoms in total. The van der Waals surface area contributed by atoms with Crippen molar-refractivity contribution >= 4 is 15.9 Å². The normalized spacial score (nSPS) is 23.0. The fourth-order valence-corrected chi connectivity index (χ4v) is 4.84. The molecule has 1 atom stereocenters. The van der Waals surface area contributed by atoms with Crippen LogP contribution in [0.15, 0.2) is 29.2 Å². The number of hydrogen-bond acceptors (Lipinski definition) is 4. The fourth-order valence-electron chi connectivity index (χ4n) is 3.24. The van der Waals surface area contributed by atoms with Crippen LogP contribution >= 0.6 is 0 Å². The van der Waals surface area contributed by atoms with Gasteiger partial charge >= 0.3 is 0 Å². The van der Waals surface area contributed by atoms with Gasteiger partial charge in [-0.25, -0.2) is 8.42 Å². The Labute approximate surface area is 143 Å². The van der Waals surface area contributed by atoms with Crippen molar-refractivity contribution in [1.29, 1.82) is 0 Å². The summed E-state index contributed by atoms with van der Waals surface area (Å²) in [5.41, 5.74) is 1.05. The zero-order valence-electron chi connectivity index (χ0n) is 14.0. The van der Waals surface area contributed by atoms with Gasteiger partial charge in [0.2, 0.25) is 15.9 Å². The largest absolute Gasteiger partial charge is 0.378 e. The number of likely N-dealkylation sites (tertiary alicyclic amines) is 1. The summed E-state index contributed by atoms with van der Waals surface area (Å²) in [5.74, 6) is 0.218. The third kappa shape index (κ3) is 3.63. The lowest BCUT2D eigenvalue weighted by Gasteiger charge is -2.32. The molecular formula is C17H24N2O4S. The SMILES string of the molecule is CC1COCCN1S(=O)(=O)c1ccc(CCN2CCCC2=O)cc1. The van der Waals surface area contributed by atoms with E-state index in [9.17, 15) is 13.2 Å². The Morgan fingerprint density at radius 3 is 2.58 bits per heavy atom. The highest BCUT2D eigenvalue weighted by Crippen LogP contribution is 2.21. The van der Waals surface area contributed by atoms with E-state index in [1.54, 1.807) is 12.1 Å². The van der Waals surface area contributed by atoms with Crippen molar-refractivity contribution in [3.05, 3.63) is 29.8 Å². The van der Waals surface area contributed by atoms with Crippen LogP contribution in [0.3, 0.4) is 0 Å². The summed E-state index contributed by atoms with van der Waals surface area (Å²) in [5, 5.41) is 0. The van der Waals surface area contributed by atoms with E-state index in [-0.39, 0.29) is 11.9 Å². The minimum Gasteiger partial charge on any atom is -0.378 e. The molecule has 0 N–H and O–H groups in total. The van der Waals surface area contributed by atoms with Crippen LogP contribution in [0.1, 0.15) is 25.3 Å². The van der Waals surface area contributed by atoms with Gasteiger partial charge in [-0.3, -0.25) is 4.79 Å². The van der Waals surface area contributed by atoms with Gasteiger partial charge in [0, 0.05) is 32.1 Å². The second-order valence-electron chi connectivity index (χ2n) is 6.42. The Hall–Kier alpha value is -1.44. The van der Waals surface area contributed by atoms with Crippen LogP contribution in [0.25, 0.3) is 0 Å². The second-order valence-corrected chi connectivity index (χ2v) is 8.31. The first-order valence-corrected chi connectivity index (χ1v) is 9.89. The summed E-state index contributed by atoms with van der Waals surface area (Å²) in [7, 11) is -3.48. The van der Waals surface area contributed by atoms with Crippen molar-refractivity contribution in [2.75, 3.05) is 32.8 Å². The minimum atomic E-state index is -3.48. The number of amides is 1. The molecule has 2 heterocycles. The highest BCUT2D eigenvalue weighted by atomic mass is 32.2. The minimum absolute atomic E-state index is 0.149. The van der Waals surface area contributed by atoms with Crippen LogP contribution in [0.5, 0.6) is 0 Å². The van der Waals surface area contributed by atoms with Crippen molar-refractivity contribution in [2.24, 2.45) is 0 Å². The summed E-state index contributed by atoms with van der Waals surface area (Å²) in [6, 6.07) is 6.87. The molecule has 2 aliphatic rings. The van der Waals surface area contributed by atoms with Crippen LogP contribution < -0.4 is 0 Å². The first-order chi connectivity index (χ1) is 11.5. The van der Waals surface area contributed by atoms with E-state index in [0.29, 0.717) is 37.6 Å². The van der Waals surface area contributed by atoms with Gasteiger partial charge in [-0.2, -0.15) is 4.31 Å². The number of nitrogens with zero attached hydrogens (tertiary/aromatic N) is 2. The Bertz CT molecular complexity index is 687. The van der Waals surface area contributed by atoms with Crippen LogP contribution in [0, 0.1) is 0 Å². The summed E-state index contributed by atoms with van der Waals surface area (Å²) in [6.45, 7) is 4.65. The highest BCUT2D eigenvalue weighted by Gasteiger charge is 2.31. The molecule has 1 amide bonds. The molecule has 0 aliphatic carbocycles. The van der Waals surface area contributed by atoms with Crippen LogP contribution in [0.2, 0.25) is 0 Å². The third-order valence-electron chi connectivity index (χ3n) is 4.68. The highest BCUT2D eigenvalue weighted by molar-refractivity contribution is 7.89. The van der Waals surface area contributed by atoms with Crippen molar-refractivity contribution in [2.45, 2.75) is 37.1 Å². The number of carbonyl (C=O) groups is 1. The van der Waals surface area contributed by atoms with Gasteiger partial charge < -0.3 is 9.64 Å². The molecular weight excluding hydrogens is 328 g/mol. The van der Waals surface area contributed by atoms with Gasteiger partial charge in [-0.15, -0.1) is 0 Å². The van der Waals surface area contributed by atoms with Gasteiger partial charge in [-0.1, -0.05) is 12.1 Å². The van der Waals surface area contributed by atoms with E-state index in [2.05, 4.69) is 0 Å². The molecule has 2 saturated heterocycles. The summed E-state index contributed by atoms with van der Waals surface area (Å²) in [6.07, 6.45) is 2.34. The molecule has 24 heavy (non-hydrogen) atoms. The summed E-state index contributed by atoms with van der Waals surface area (Å²) >= 11 is 0. The summed E-state index contributed by atoms with van der Waals surface area (Å²) < 4.78 is 32.3. The molecule has 0 radical (unpaired) electrons. The van der Waals surface area contributed by atoms with E-state index < -0.39 is 10.0 Å². The number of rotatable bonds is 5. The molecule has 132 valence electrons. The molecule has 1 aromatic rings. The van der Waals surface area contributed by atoms with Crippen molar-refractivity contribution in [3.8, 4) is 0 Å². The topological polar surface area (TPSA) is 66.9 Å². The van der Waals surface area contributed by atoms with E-state index in [4.69, 9.17) is 4.74 Å². The predicted molar refractivity (Wildman–Crippen MR) is 90.1 cm³/mol. The number of ether oxygens (including phenoxy) is 1. The Balaban J connectivity index is 1.66. The number of sulfonamides is 1. The molecule has 3 rings (SSSR count). The Morgan fingerprint density at radius 1 is 1.21 bits per heavy atom. The maximum Gasteiger partial charge on any atom is 0.243 e. The predicted octanol–water partition coefficient (Wildman–Crippen LogP) is 1.26. The first-order valence-electron chi connectivity index (χ1n) is 8.45.